The first kappa shape index (κ1) is 16.1. The molecule has 0 saturated carbocycles. The van der Waals surface area contributed by atoms with Crippen LogP contribution in [-0.2, 0) is 0 Å². The molecule has 0 unspecified atom stereocenters. The Kier molecular flexibility index (Phi) is 4.57. The van der Waals surface area contributed by atoms with Crippen LogP contribution in [0.5, 0.6) is 0 Å². The lowest BCUT2D eigenvalue weighted by molar-refractivity contribution is -0.384. The van der Waals surface area contributed by atoms with E-state index in [1.165, 1.54) is 16.8 Å². The molecule has 1 fully saturated rings. The Bertz CT molecular complexity index is 750. The molecule has 8 nitrogen and oxygen atoms in total. The molecule has 126 valence electrons. The van der Waals surface area contributed by atoms with Gasteiger partial charge in [0, 0.05) is 37.5 Å². The van der Waals surface area contributed by atoms with E-state index in [2.05, 4.69) is 10.4 Å². The third-order valence-corrected chi connectivity index (χ3v) is 4.30. The molecule has 3 rings (SSSR count). The minimum absolute atomic E-state index is 0.00925. The van der Waals surface area contributed by atoms with Crippen molar-refractivity contribution < 1.29 is 9.72 Å². The predicted molar refractivity (Wildman–Crippen MR) is 88.2 cm³/mol. The molecule has 2 aromatic rings. The molecular weight excluding hydrogens is 310 g/mol. The van der Waals surface area contributed by atoms with E-state index in [0.29, 0.717) is 30.5 Å². The average Bonchev–Trinajstić information content (AvgIpc) is 3.11. The van der Waals surface area contributed by atoms with E-state index in [1.807, 2.05) is 7.05 Å². The monoisotopic (exact) mass is 329 g/mol. The van der Waals surface area contributed by atoms with Gasteiger partial charge in [-0.3, -0.25) is 14.9 Å². The van der Waals surface area contributed by atoms with Crippen molar-refractivity contribution >= 4 is 11.6 Å². The van der Waals surface area contributed by atoms with Gasteiger partial charge in [0.1, 0.15) is 0 Å². The highest BCUT2D eigenvalue weighted by molar-refractivity contribution is 5.92. The third-order valence-electron chi connectivity index (χ3n) is 4.30. The Labute approximate surface area is 139 Å². The molecule has 1 aliphatic heterocycles. The Morgan fingerprint density at radius 1 is 1.33 bits per heavy atom. The topological polar surface area (TPSA) is 93.3 Å². The second-order valence-electron chi connectivity index (χ2n) is 5.78. The number of non-ortho nitro benzene ring substituents is 1. The van der Waals surface area contributed by atoms with Crippen LogP contribution in [0.3, 0.4) is 0 Å². The van der Waals surface area contributed by atoms with Gasteiger partial charge < -0.3 is 10.2 Å². The normalized spacial score (nSPS) is 15.5. The summed E-state index contributed by atoms with van der Waals surface area (Å²) in [6.07, 6.45) is 3.49. The zero-order valence-electron chi connectivity index (χ0n) is 13.4. The average molecular weight is 329 g/mol. The highest BCUT2D eigenvalue weighted by atomic mass is 16.6. The number of hydrogen-bond donors (Lipinski definition) is 1. The molecule has 1 amide bonds. The largest absolute Gasteiger partial charge is 0.337 e. The zero-order chi connectivity index (χ0) is 17.1. The van der Waals surface area contributed by atoms with Crippen LogP contribution < -0.4 is 5.32 Å². The number of piperidine rings is 1. The van der Waals surface area contributed by atoms with Gasteiger partial charge >= 0.3 is 0 Å². The van der Waals surface area contributed by atoms with E-state index in [-0.39, 0.29) is 11.6 Å². The summed E-state index contributed by atoms with van der Waals surface area (Å²) in [6.45, 7) is 1.40. The Morgan fingerprint density at radius 2 is 2.08 bits per heavy atom. The molecule has 2 heterocycles. The van der Waals surface area contributed by atoms with E-state index >= 15 is 0 Å². The number of carbonyl (C=O) groups is 1. The molecule has 1 aliphatic rings. The van der Waals surface area contributed by atoms with Gasteiger partial charge in [0.15, 0.2) is 5.69 Å². The molecule has 8 heteroatoms. The van der Waals surface area contributed by atoms with Crippen LogP contribution in [0, 0.1) is 10.1 Å². The van der Waals surface area contributed by atoms with Gasteiger partial charge in [-0.15, -0.1) is 0 Å². The van der Waals surface area contributed by atoms with E-state index in [0.717, 1.165) is 12.8 Å². The lowest BCUT2D eigenvalue weighted by Gasteiger charge is -2.31. The highest BCUT2D eigenvalue weighted by Crippen LogP contribution is 2.17. The first-order valence-corrected chi connectivity index (χ1v) is 7.85. The summed E-state index contributed by atoms with van der Waals surface area (Å²) < 4.78 is 1.49. The fourth-order valence-electron chi connectivity index (χ4n) is 2.86. The first-order valence-electron chi connectivity index (χ1n) is 7.85. The van der Waals surface area contributed by atoms with Gasteiger partial charge in [0.25, 0.3) is 11.6 Å². The number of nitro benzene ring substituents is 1. The SMILES string of the molecule is CNC1CCN(C(=O)c2ccn(-c3cccc([N+](=O)[O-])c3)n2)CC1. The molecule has 0 aliphatic carbocycles. The van der Waals surface area contributed by atoms with Gasteiger partial charge in [0.05, 0.1) is 10.6 Å². The van der Waals surface area contributed by atoms with Gasteiger partial charge in [-0.25, -0.2) is 4.68 Å². The van der Waals surface area contributed by atoms with Crippen molar-refractivity contribution in [3.8, 4) is 5.69 Å². The second kappa shape index (κ2) is 6.79. The smallest absolute Gasteiger partial charge is 0.274 e. The summed E-state index contributed by atoms with van der Waals surface area (Å²) in [5.74, 6) is -0.103. The summed E-state index contributed by atoms with van der Waals surface area (Å²) in [6, 6.07) is 8.26. The number of hydrogen-bond acceptors (Lipinski definition) is 5. The Morgan fingerprint density at radius 3 is 2.75 bits per heavy atom. The molecule has 0 atom stereocenters. The molecule has 1 aromatic carbocycles. The predicted octanol–water partition coefficient (Wildman–Crippen LogP) is 1.60. The number of nitrogens with one attached hydrogen (secondary N) is 1. The Balaban J connectivity index is 1.75. The fraction of sp³-hybridized carbons (Fsp3) is 0.375. The van der Waals surface area contributed by atoms with Crippen LogP contribution in [0.25, 0.3) is 5.69 Å². The van der Waals surface area contributed by atoms with Crippen LogP contribution in [0.15, 0.2) is 36.5 Å². The van der Waals surface area contributed by atoms with Gasteiger partial charge in [-0.1, -0.05) is 6.07 Å². The maximum atomic E-state index is 12.5. The maximum absolute atomic E-state index is 12.5. The summed E-state index contributed by atoms with van der Waals surface area (Å²) in [5.41, 5.74) is 0.895. The van der Waals surface area contributed by atoms with Crippen LogP contribution >= 0.6 is 0 Å². The minimum Gasteiger partial charge on any atom is -0.337 e. The lowest BCUT2D eigenvalue weighted by Crippen LogP contribution is -2.44. The summed E-state index contributed by atoms with van der Waals surface area (Å²) in [4.78, 5) is 24.7. The summed E-state index contributed by atoms with van der Waals surface area (Å²) in [7, 11) is 1.93. The maximum Gasteiger partial charge on any atom is 0.274 e. The molecule has 0 radical (unpaired) electrons. The standard InChI is InChI=1S/C16H19N5O3/c1-17-12-5-8-19(9-6-12)16(22)15-7-10-20(18-15)13-3-2-4-14(11-13)21(23)24/h2-4,7,10-12,17H,5-6,8-9H2,1H3. The molecule has 0 spiro atoms. The second-order valence-corrected chi connectivity index (χ2v) is 5.78. The number of benzene rings is 1. The highest BCUT2D eigenvalue weighted by Gasteiger charge is 2.24. The van der Waals surface area contributed by atoms with Crippen LogP contribution in [0.4, 0.5) is 5.69 Å². The summed E-state index contributed by atoms with van der Waals surface area (Å²) >= 11 is 0. The van der Waals surface area contributed by atoms with Crippen molar-refractivity contribution in [1.82, 2.24) is 20.0 Å². The van der Waals surface area contributed by atoms with E-state index in [4.69, 9.17) is 0 Å². The quantitative estimate of drug-likeness (QED) is 0.679. The molecule has 24 heavy (non-hydrogen) atoms. The molecule has 1 aromatic heterocycles. The van der Waals surface area contributed by atoms with E-state index < -0.39 is 4.92 Å². The fourth-order valence-corrected chi connectivity index (χ4v) is 2.86. The number of nitrogens with zero attached hydrogens (tertiary/aromatic N) is 4. The first-order chi connectivity index (χ1) is 11.6. The number of likely N-dealkylation sites (tertiary alicyclic amines) is 1. The van der Waals surface area contributed by atoms with Crippen LogP contribution in [0.2, 0.25) is 0 Å². The number of rotatable bonds is 4. The third kappa shape index (κ3) is 3.28. The summed E-state index contributed by atoms with van der Waals surface area (Å²) in [5, 5.41) is 18.4. The van der Waals surface area contributed by atoms with Gasteiger partial charge in [0.2, 0.25) is 0 Å². The van der Waals surface area contributed by atoms with Crippen molar-refractivity contribution in [2.45, 2.75) is 18.9 Å². The number of carbonyl (C=O) groups excluding carboxylic acids is 1. The van der Waals surface area contributed by atoms with Crippen LogP contribution in [-0.4, -0.2) is 51.7 Å². The number of aromatic nitrogens is 2. The molecular formula is C16H19N5O3. The minimum atomic E-state index is -0.453. The van der Waals surface area contributed by atoms with Gasteiger partial charge in [-0.05, 0) is 32.0 Å². The van der Waals surface area contributed by atoms with E-state index in [1.54, 1.807) is 29.3 Å². The number of nitro groups is 1. The molecule has 1 saturated heterocycles. The Hall–Kier alpha value is -2.74. The molecule has 1 N–H and O–H groups in total. The van der Waals surface area contributed by atoms with Gasteiger partial charge in [-0.2, -0.15) is 5.10 Å². The van der Waals surface area contributed by atoms with Crippen molar-refractivity contribution in [1.29, 1.82) is 0 Å². The zero-order valence-corrected chi connectivity index (χ0v) is 13.4. The van der Waals surface area contributed by atoms with Crippen molar-refractivity contribution in [3.05, 3.63) is 52.3 Å². The van der Waals surface area contributed by atoms with Crippen molar-refractivity contribution in [2.75, 3.05) is 20.1 Å². The number of amides is 1. The van der Waals surface area contributed by atoms with E-state index in [9.17, 15) is 14.9 Å². The molecule has 0 bridgehead atoms. The van der Waals surface area contributed by atoms with Crippen molar-refractivity contribution in [3.63, 3.8) is 0 Å². The van der Waals surface area contributed by atoms with Crippen LogP contribution in [0.1, 0.15) is 23.3 Å². The van der Waals surface area contributed by atoms with Crippen molar-refractivity contribution in [2.24, 2.45) is 0 Å². The lowest BCUT2D eigenvalue weighted by atomic mass is 10.1.